The number of rotatable bonds is 5. The number of nitrogens with zero attached hydrogens (tertiary/aromatic N) is 2. The maximum absolute atomic E-state index is 12.1. The molecular formula is C11H17N3O5. The number of carbonyl (C=O) groups excluding carboxylic acids is 3. The molecule has 0 aromatic heterocycles. The van der Waals surface area contributed by atoms with Crippen LogP contribution in [0.3, 0.4) is 0 Å². The van der Waals surface area contributed by atoms with Crippen molar-refractivity contribution in [3.8, 4) is 0 Å². The average molecular weight is 271 g/mol. The quantitative estimate of drug-likeness (QED) is 0.640. The van der Waals surface area contributed by atoms with Gasteiger partial charge >= 0.3 is 12.0 Å². The van der Waals surface area contributed by atoms with Crippen LogP contribution in [0.2, 0.25) is 0 Å². The molecule has 0 radical (unpaired) electrons. The van der Waals surface area contributed by atoms with E-state index in [-0.39, 0.29) is 13.1 Å². The zero-order valence-corrected chi connectivity index (χ0v) is 11.1. The Morgan fingerprint density at radius 3 is 2.37 bits per heavy atom. The third kappa shape index (κ3) is 2.83. The van der Waals surface area contributed by atoms with E-state index in [1.165, 1.54) is 13.8 Å². The molecule has 1 saturated heterocycles. The predicted octanol–water partition coefficient (Wildman–Crippen LogP) is -0.750. The van der Waals surface area contributed by atoms with E-state index in [2.05, 4.69) is 5.32 Å². The van der Waals surface area contributed by atoms with Crippen LogP contribution in [0.5, 0.6) is 0 Å². The highest BCUT2D eigenvalue weighted by Gasteiger charge is 2.39. The number of aliphatic carboxylic acids is 1. The van der Waals surface area contributed by atoms with E-state index in [9.17, 15) is 19.2 Å². The highest BCUT2D eigenvalue weighted by atomic mass is 16.4. The topological polar surface area (TPSA) is 107 Å². The second-order valence-electron chi connectivity index (χ2n) is 4.64. The number of likely N-dealkylation sites (N-methyl/N-ethyl adjacent to an activating group) is 1. The fourth-order valence-corrected chi connectivity index (χ4v) is 1.83. The van der Waals surface area contributed by atoms with E-state index in [1.54, 1.807) is 6.92 Å². The molecule has 0 spiro atoms. The molecule has 1 rings (SSSR count). The number of carboxylic acids is 1. The molecule has 106 valence electrons. The zero-order valence-electron chi connectivity index (χ0n) is 11.1. The standard InChI is InChI=1S/C11H17N3O5/c1-4-14(11(2,3)9(17)18)8(16)6-13-7(15)5-12-10(13)19/h4-6H2,1-3H3,(H,12,19)(H,17,18). The summed E-state index contributed by atoms with van der Waals surface area (Å²) < 4.78 is 0. The van der Waals surface area contributed by atoms with Gasteiger partial charge in [-0.1, -0.05) is 0 Å². The monoisotopic (exact) mass is 271 g/mol. The summed E-state index contributed by atoms with van der Waals surface area (Å²) in [6, 6.07) is -0.637. The SMILES string of the molecule is CCN(C(=O)CN1C(=O)CNC1=O)C(C)(C)C(=O)O. The Labute approximate surface area is 110 Å². The molecule has 0 unspecified atom stereocenters. The molecule has 1 aliphatic rings. The summed E-state index contributed by atoms with van der Waals surface area (Å²) in [7, 11) is 0. The van der Waals surface area contributed by atoms with Crippen molar-refractivity contribution in [3.63, 3.8) is 0 Å². The Morgan fingerprint density at radius 2 is 2.00 bits per heavy atom. The van der Waals surface area contributed by atoms with Crippen molar-refractivity contribution in [1.82, 2.24) is 15.1 Å². The Kier molecular flexibility index (Phi) is 4.13. The van der Waals surface area contributed by atoms with Crippen LogP contribution in [-0.4, -0.2) is 63.9 Å². The van der Waals surface area contributed by atoms with Gasteiger partial charge in [0, 0.05) is 6.54 Å². The summed E-state index contributed by atoms with van der Waals surface area (Å²) in [4.78, 5) is 47.8. The first kappa shape index (κ1) is 14.9. The largest absolute Gasteiger partial charge is 0.480 e. The molecule has 0 atom stereocenters. The first-order valence-corrected chi connectivity index (χ1v) is 5.83. The van der Waals surface area contributed by atoms with Crippen molar-refractivity contribution >= 4 is 23.8 Å². The van der Waals surface area contributed by atoms with Gasteiger partial charge < -0.3 is 15.3 Å². The highest BCUT2D eigenvalue weighted by Crippen LogP contribution is 2.15. The van der Waals surface area contributed by atoms with Crippen LogP contribution in [0.25, 0.3) is 0 Å². The molecule has 8 heteroatoms. The van der Waals surface area contributed by atoms with Gasteiger partial charge in [0.2, 0.25) is 5.91 Å². The van der Waals surface area contributed by atoms with Gasteiger partial charge in [0.15, 0.2) is 0 Å². The summed E-state index contributed by atoms with van der Waals surface area (Å²) in [5, 5.41) is 11.4. The van der Waals surface area contributed by atoms with Gasteiger partial charge in [0.1, 0.15) is 12.1 Å². The molecule has 0 aromatic rings. The number of hydrogen-bond donors (Lipinski definition) is 2. The second-order valence-corrected chi connectivity index (χ2v) is 4.64. The minimum Gasteiger partial charge on any atom is -0.480 e. The molecule has 0 bridgehead atoms. The molecule has 0 aliphatic carbocycles. The van der Waals surface area contributed by atoms with Gasteiger partial charge in [-0.3, -0.25) is 14.5 Å². The molecule has 4 amide bonds. The Hall–Kier alpha value is -2.12. The Bertz CT molecular complexity index is 416. The lowest BCUT2D eigenvalue weighted by Gasteiger charge is -2.34. The van der Waals surface area contributed by atoms with Crippen molar-refractivity contribution in [2.45, 2.75) is 26.3 Å². The van der Waals surface area contributed by atoms with E-state index in [0.29, 0.717) is 0 Å². The van der Waals surface area contributed by atoms with Crippen molar-refractivity contribution in [1.29, 1.82) is 0 Å². The van der Waals surface area contributed by atoms with E-state index >= 15 is 0 Å². The van der Waals surface area contributed by atoms with Crippen LogP contribution in [0.4, 0.5) is 4.79 Å². The lowest BCUT2D eigenvalue weighted by atomic mass is 10.0. The van der Waals surface area contributed by atoms with Crippen LogP contribution < -0.4 is 5.32 Å². The summed E-state index contributed by atoms with van der Waals surface area (Å²) in [5.41, 5.74) is -1.40. The minimum absolute atomic E-state index is 0.138. The maximum atomic E-state index is 12.1. The number of carboxylic acid groups (broad SMARTS) is 1. The maximum Gasteiger partial charge on any atom is 0.329 e. The van der Waals surface area contributed by atoms with Crippen molar-refractivity contribution in [2.75, 3.05) is 19.6 Å². The normalized spacial score (nSPS) is 15.4. The molecular weight excluding hydrogens is 254 g/mol. The minimum atomic E-state index is -1.40. The summed E-state index contributed by atoms with van der Waals surface area (Å²) in [6.45, 7) is 4.00. The molecule has 1 heterocycles. The molecule has 19 heavy (non-hydrogen) atoms. The molecule has 1 aliphatic heterocycles. The average Bonchev–Trinajstić information content (AvgIpc) is 2.61. The fraction of sp³-hybridized carbons (Fsp3) is 0.636. The molecule has 1 fully saturated rings. The Balaban J connectivity index is 2.83. The van der Waals surface area contributed by atoms with Crippen LogP contribution >= 0.6 is 0 Å². The number of nitrogens with one attached hydrogen (secondary N) is 1. The Morgan fingerprint density at radius 1 is 1.42 bits per heavy atom. The lowest BCUT2D eigenvalue weighted by molar-refractivity contribution is -0.157. The van der Waals surface area contributed by atoms with E-state index in [0.717, 1.165) is 9.80 Å². The van der Waals surface area contributed by atoms with Gasteiger partial charge in [-0.2, -0.15) is 0 Å². The molecule has 0 aromatic carbocycles. The van der Waals surface area contributed by atoms with Gasteiger partial charge in [-0.05, 0) is 20.8 Å². The summed E-state index contributed by atoms with van der Waals surface area (Å²) in [6.07, 6.45) is 0. The van der Waals surface area contributed by atoms with Crippen LogP contribution in [0, 0.1) is 0 Å². The fourth-order valence-electron chi connectivity index (χ4n) is 1.83. The van der Waals surface area contributed by atoms with Crippen molar-refractivity contribution in [3.05, 3.63) is 0 Å². The number of imide groups is 1. The van der Waals surface area contributed by atoms with Crippen LogP contribution in [-0.2, 0) is 14.4 Å². The van der Waals surface area contributed by atoms with E-state index in [4.69, 9.17) is 5.11 Å². The molecule has 8 nitrogen and oxygen atoms in total. The molecule has 0 saturated carbocycles. The molecule has 2 N–H and O–H groups in total. The van der Waals surface area contributed by atoms with Gasteiger partial charge in [0.25, 0.3) is 5.91 Å². The predicted molar refractivity (Wildman–Crippen MR) is 64.2 cm³/mol. The van der Waals surface area contributed by atoms with Gasteiger partial charge in [0.05, 0.1) is 6.54 Å². The number of amides is 4. The number of carbonyl (C=O) groups is 4. The van der Waals surface area contributed by atoms with E-state index in [1.807, 2.05) is 0 Å². The lowest BCUT2D eigenvalue weighted by Crippen LogP contribution is -2.55. The van der Waals surface area contributed by atoms with Crippen LogP contribution in [0.15, 0.2) is 0 Å². The third-order valence-corrected chi connectivity index (χ3v) is 3.05. The van der Waals surface area contributed by atoms with Gasteiger partial charge in [-0.25, -0.2) is 9.59 Å². The number of urea groups is 1. The second kappa shape index (κ2) is 5.25. The van der Waals surface area contributed by atoms with Gasteiger partial charge in [-0.15, -0.1) is 0 Å². The van der Waals surface area contributed by atoms with E-state index < -0.39 is 35.9 Å². The smallest absolute Gasteiger partial charge is 0.329 e. The first-order chi connectivity index (χ1) is 8.71. The summed E-state index contributed by atoms with van der Waals surface area (Å²) >= 11 is 0. The zero-order chi connectivity index (χ0) is 14.8. The van der Waals surface area contributed by atoms with Crippen LogP contribution in [0.1, 0.15) is 20.8 Å². The number of hydrogen-bond acceptors (Lipinski definition) is 4. The third-order valence-electron chi connectivity index (χ3n) is 3.05. The first-order valence-electron chi connectivity index (χ1n) is 5.83. The van der Waals surface area contributed by atoms with Crippen molar-refractivity contribution in [2.24, 2.45) is 0 Å². The van der Waals surface area contributed by atoms with Crippen molar-refractivity contribution < 1.29 is 24.3 Å². The summed E-state index contributed by atoms with van der Waals surface area (Å²) in [5.74, 6) is -2.23. The highest BCUT2D eigenvalue weighted by molar-refractivity contribution is 6.04.